The minimum atomic E-state index is -0.842. The molecule has 1 fully saturated rings. The standard InChI is InChI=1S/C20H20F4.C2H6/c1-11-3-5-13(6-4-11)14-8-18(23)20(19(24)9-14)15-10-16(21)12(2)7-17(15)22;1-2/h7-11,13H,3-6H2,1-2H3;1-2H3. The number of halogens is 4. The van der Waals surface area contributed by atoms with Gasteiger partial charge in [-0.25, -0.2) is 17.6 Å². The normalized spacial score (nSPS) is 19.7. The van der Waals surface area contributed by atoms with Gasteiger partial charge in [-0.1, -0.05) is 33.6 Å². The molecule has 0 atom stereocenters. The van der Waals surface area contributed by atoms with E-state index in [-0.39, 0.29) is 17.0 Å². The number of rotatable bonds is 2. The second-order valence-corrected chi connectivity index (χ2v) is 6.90. The quantitative estimate of drug-likeness (QED) is 0.482. The van der Waals surface area contributed by atoms with Crippen molar-refractivity contribution < 1.29 is 17.6 Å². The lowest BCUT2D eigenvalue weighted by Crippen LogP contribution is -2.11. The molecule has 0 nitrogen and oxygen atoms in total. The van der Waals surface area contributed by atoms with E-state index in [4.69, 9.17) is 0 Å². The van der Waals surface area contributed by atoms with Gasteiger partial charge in [0.05, 0.1) is 5.56 Å². The van der Waals surface area contributed by atoms with Gasteiger partial charge in [0.25, 0.3) is 0 Å². The number of aryl methyl sites for hydroxylation is 1. The Kier molecular flexibility index (Phi) is 6.85. The van der Waals surface area contributed by atoms with Crippen LogP contribution in [0.4, 0.5) is 17.6 Å². The lowest BCUT2D eigenvalue weighted by Gasteiger charge is -2.26. The van der Waals surface area contributed by atoms with Crippen molar-refractivity contribution in [3.05, 3.63) is 58.7 Å². The summed E-state index contributed by atoms with van der Waals surface area (Å²) in [5, 5.41) is 0. The van der Waals surface area contributed by atoms with E-state index in [2.05, 4.69) is 6.92 Å². The first kappa shape index (κ1) is 20.5. The van der Waals surface area contributed by atoms with Gasteiger partial charge in [0.2, 0.25) is 0 Å². The van der Waals surface area contributed by atoms with E-state index in [9.17, 15) is 17.6 Å². The van der Waals surface area contributed by atoms with Crippen LogP contribution < -0.4 is 0 Å². The summed E-state index contributed by atoms with van der Waals surface area (Å²) in [4.78, 5) is 0. The summed E-state index contributed by atoms with van der Waals surface area (Å²) in [6, 6.07) is 4.36. The van der Waals surface area contributed by atoms with Gasteiger partial charge in [0.15, 0.2) is 0 Å². The second-order valence-electron chi connectivity index (χ2n) is 6.90. The van der Waals surface area contributed by atoms with Crippen LogP contribution in [0.2, 0.25) is 0 Å². The molecular weight excluding hydrogens is 340 g/mol. The fourth-order valence-electron chi connectivity index (χ4n) is 3.52. The van der Waals surface area contributed by atoms with Crippen LogP contribution in [0.5, 0.6) is 0 Å². The summed E-state index contributed by atoms with van der Waals surface area (Å²) in [6.45, 7) is 7.58. The van der Waals surface area contributed by atoms with Crippen molar-refractivity contribution in [3.63, 3.8) is 0 Å². The Hall–Kier alpha value is -1.84. The molecule has 0 radical (unpaired) electrons. The Morgan fingerprint density at radius 1 is 0.731 bits per heavy atom. The van der Waals surface area contributed by atoms with Crippen molar-refractivity contribution in [1.82, 2.24) is 0 Å². The Labute approximate surface area is 153 Å². The first-order valence-electron chi connectivity index (χ1n) is 9.31. The summed E-state index contributed by atoms with van der Waals surface area (Å²) < 4.78 is 56.8. The van der Waals surface area contributed by atoms with Crippen molar-refractivity contribution in [2.24, 2.45) is 5.92 Å². The van der Waals surface area contributed by atoms with E-state index in [1.807, 2.05) is 13.8 Å². The number of hydrogen-bond donors (Lipinski definition) is 0. The molecule has 0 amide bonds. The maximum absolute atomic E-state index is 14.5. The minimum absolute atomic E-state index is 0.102. The molecule has 1 aliphatic rings. The predicted octanol–water partition coefficient (Wildman–Crippen LogP) is 7.54. The van der Waals surface area contributed by atoms with Crippen LogP contribution in [-0.2, 0) is 0 Å². The zero-order valence-electron chi connectivity index (χ0n) is 15.8. The molecule has 0 saturated heterocycles. The van der Waals surface area contributed by atoms with E-state index in [0.717, 1.165) is 37.8 Å². The van der Waals surface area contributed by atoms with Gasteiger partial charge in [-0.15, -0.1) is 0 Å². The third-order valence-electron chi connectivity index (χ3n) is 5.07. The highest BCUT2D eigenvalue weighted by atomic mass is 19.1. The fraction of sp³-hybridized carbons (Fsp3) is 0.455. The zero-order chi connectivity index (χ0) is 19.4. The number of benzene rings is 2. The predicted molar refractivity (Wildman–Crippen MR) is 98.2 cm³/mol. The maximum Gasteiger partial charge on any atom is 0.134 e. The third-order valence-corrected chi connectivity index (χ3v) is 5.07. The number of hydrogen-bond acceptors (Lipinski definition) is 0. The van der Waals surface area contributed by atoms with Gasteiger partial charge in [0, 0.05) is 5.56 Å². The van der Waals surface area contributed by atoms with Crippen molar-refractivity contribution in [2.45, 2.75) is 59.3 Å². The molecule has 0 N–H and O–H groups in total. The van der Waals surface area contributed by atoms with Crippen LogP contribution in [0.1, 0.15) is 63.5 Å². The Bertz CT molecular complexity index is 736. The van der Waals surface area contributed by atoms with E-state index >= 15 is 0 Å². The minimum Gasteiger partial charge on any atom is -0.207 e. The average molecular weight is 366 g/mol. The van der Waals surface area contributed by atoms with Crippen molar-refractivity contribution in [3.8, 4) is 11.1 Å². The van der Waals surface area contributed by atoms with Gasteiger partial charge < -0.3 is 0 Å². The second kappa shape index (κ2) is 8.70. The van der Waals surface area contributed by atoms with Crippen LogP contribution in [-0.4, -0.2) is 0 Å². The molecule has 0 bridgehead atoms. The molecule has 2 aromatic rings. The molecule has 1 aliphatic carbocycles. The third kappa shape index (κ3) is 4.28. The Balaban J connectivity index is 0.00000117. The van der Waals surface area contributed by atoms with E-state index in [1.165, 1.54) is 19.1 Å². The molecule has 0 aromatic heterocycles. The van der Waals surface area contributed by atoms with Gasteiger partial charge >= 0.3 is 0 Å². The maximum atomic E-state index is 14.5. The molecular formula is C22H26F4. The average Bonchev–Trinajstić information content (AvgIpc) is 2.61. The molecule has 0 spiro atoms. The van der Waals surface area contributed by atoms with E-state index in [0.29, 0.717) is 11.5 Å². The van der Waals surface area contributed by atoms with Crippen LogP contribution >= 0.6 is 0 Å². The van der Waals surface area contributed by atoms with Gasteiger partial charge in [0.1, 0.15) is 23.3 Å². The lowest BCUT2D eigenvalue weighted by atomic mass is 9.79. The van der Waals surface area contributed by atoms with Gasteiger partial charge in [-0.3, -0.25) is 0 Å². The highest BCUT2D eigenvalue weighted by Crippen LogP contribution is 2.38. The Morgan fingerprint density at radius 2 is 1.27 bits per heavy atom. The SMILES string of the molecule is CC.Cc1cc(F)c(-c2c(F)cc(C3CCC(C)CC3)cc2F)cc1F. The molecule has 2 aromatic carbocycles. The highest BCUT2D eigenvalue weighted by Gasteiger charge is 2.24. The molecule has 3 rings (SSSR count). The molecule has 1 saturated carbocycles. The first-order chi connectivity index (χ1) is 12.4. The van der Waals surface area contributed by atoms with E-state index < -0.39 is 28.8 Å². The summed E-state index contributed by atoms with van der Waals surface area (Å²) in [6.07, 6.45) is 3.86. The van der Waals surface area contributed by atoms with Crippen LogP contribution in [0.3, 0.4) is 0 Å². The summed E-state index contributed by atoms with van der Waals surface area (Å²) in [5.74, 6) is -2.43. The van der Waals surface area contributed by atoms with Crippen molar-refractivity contribution in [1.29, 1.82) is 0 Å². The molecule has 0 aliphatic heterocycles. The summed E-state index contributed by atoms with van der Waals surface area (Å²) in [5.41, 5.74) is -0.171. The lowest BCUT2D eigenvalue weighted by molar-refractivity contribution is 0.346. The van der Waals surface area contributed by atoms with Crippen molar-refractivity contribution >= 4 is 0 Å². The summed E-state index contributed by atoms with van der Waals surface area (Å²) >= 11 is 0. The highest BCUT2D eigenvalue weighted by molar-refractivity contribution is 5.66. The molecule has 26 heavy (non-hydrogen) atoms. The molecule has 0 unspecified atom stereocenters. The van der Waals surface area contributed by atoms with E-state index in [1.54, 1.807) is 0 Å². The van der Waals surface area contributed by atoms with Gasteiger partial charge in [-0.2, -0.15) is 0 Å². The molecule has 4 heteroatoms. The largest absolute Gasteiger partial charge is 0.207 e. The van der Waals surface area contributed by atoms with Crippen LogP contribution in [0, 0.1) is 36.1 Å². The van der Waals surface area contributed by atoms with Crippen molar-refractivity contribution in [2.75, 3.05) is 0 Å². The molecule has 142 valence electrons. The Morgan fingerprint density at radius 3 is 1.81 bits per heavy atom. The smallest absolute Gasteiger partial charge is 0.134 e. The topological polar surface area (TPSA) is 0 Å². The monoisotopic (exact) mass is 366 g/mol. The summed E-state index contributed by atoms with van der Waals surface area (Å²) in [7, 11) is 0. The molecule has 0 heterocycles. The zero-order valence-corrected chi connectivity index (χ0v) is 15.8. The van der Waals surface area contributed by atoms with Crippen LogP contribution in [0.15, 0.2) is 24.3 Å². The fourth-order valence-corrected chi connectivity index (χ4v) is 3.52. The van der Waals surface area contributed by atoms with Gasteiger partial charge in [-0.05, 0) is 67.0 Å². The first-order valence-corrected chi connectivity index (χ1v) is 9.31. The van der Waals surface area contributed by atoms with Crippen LogP contribution in [0.25, 0.3) is 11.1 Å².